The Balaban J connectivity index is 1.85. The Bertz CT molecular complexity index is 565. The summed E-state index contributed by atoms with van der Waals surface area (Å²) in [7, 11) is 0. The summed E-state index contributed by atoms with van der Waals surface area (Å²) in [6, 6.07) is 8.85. The largest absolute Gasteiger partial charge is 0.348 e. The molecule has 3 N–H and O–H groups in total. The second-order valence-electron chi connectivity index (χ2n) is 8.72. The minimum Gasteiger partial charge on any atom is -0.348 e. The number of benzene rings is 1. The molecule has 1 amide bonds. The highest BCUT2D eigenvalue weighted by Crippen LogP contribution is 2.27. The van der Waals surface area contributed by atoms with Crippen LogP contribution in [0.2, 0.25) is 0 Å². The SMILES string of the molecule is CC(C)Cc1ccc(C(C)NC(=O)CN2CCC(N)C(C)(C)C2)cc1. The third-order valence-corrected chi connectivity index (χ3v) is 5.26. The van der Waals surface area contributed by atoms with Crippen LogP contribution in [0.4, 0.5) is 0 Å². The summed E-state index contributed by atoms with van der Waals surface area (Å²) in [5, 5.41) is 3.13. The molecule has 0 spiro atoms. The van der Waals surface area contributed by atoms with E-state index in [2.05, 4.69) is 62.2 Å². The fourth-order valence-electron chi connectivity index (χ4n) is 3.61. The van der Waals surface area contributed by atoms with E-state index in [0.29, 0.717) is 12.5 Å². The van der Waals surface area contributed by atoms with Gasteiger partial charge in [0.15, 0.2) is 0 Å². The van der Waals surface area contributed by atoms with Crippen molar-refractivity contribution in [3.8, 4) is 0 Å². The quantitative estimate of drug-likeness (QED) is 0.833. The number of rotatable bonds is 6. The zero-order valence-electron chi connectivity index (χ0n) is 16.5. The number of carbonyl (C=O) groups excluding carboxylic acids is 1. The Hall–Kier alpha value is -1.39. The molecule has 0 aliphatic carbocycles. The molecular weight excluding hydrogens is 310 g/mol. The van der Waals surface area contributed by atoms with Crippen molar-refractivity contribution in [3.05, 3.63) is 35.4 Å². The third kappa shape index (κ3) is 5.82. The van der Waals surface area contributed by atoms with E-state index in [4.69, 9.17) is 5.73 Å². The summed E-state index contributed by atoms with van der Waals surface area (Å²) in [6.45, 7) is 13.1. The average molecular weight is 346 g/mol. The molecule has 0 bridgehead atoms. The number of hydrogen-bond donors (Lipinski definition) is 2. The topological polar surface area (TPSA) is 58.4 Å². The molecule has 0 radical (unpaired) electrons. The number of piperidine rings is 1. The van der Waals surface area contributed by atoms with Crippen LogP contribution < -0.4 is 11.1 Å². The monoisotopic (exact) mass is 345 g/mol. The van der Waals surface area contributed by atoms with Gasteiger partial charge < -0.3 is 11.1 Å². The second-order valence-corrected chi connectivity index (χ2v) is 8.72. The zero-order chi connectivity index (χ0) is 18.6. The van der Waals surface area contributed by atoms with Gasteiger partial charge in [0.25, 0.3) is 0 Å². The number of carbonyl (C=O) groups is 1. The highest BCUT2D eigenvalue weighted by Gasteiger charge is 2.33. The van der Waals surface area contributed by atoms with Gasteiger partial charge in [-0.25, -0.2) is 0 Å². The standard InChI is InChI=1S/C21H35N3O/c1-15(2)12-17-6-8-18(9-7-17)16(3)23-20(25)13-24-11-10-19(22)21(4,5)14-24/h6-9,15-16,19H,10-14,22H2,1-5H3,(H,23,25). The molecule has 25 heavy (non-hydrogen) atoms. The Kier molecular flexibility index (Phi) is 6.64. The number of nitrogens with two attached hydrogens (primary N) is 1. The van der Waals surface area contributed by atoms with Crippen molar-refractivity contribution in [1.29, 1.82) is 0 Å². The first kappa shape index (κ1) is 19.9. The van der Waals surface area contributed by atoms with Gasteiger partial charge in [0, 0.05) is 19.1 Å². The maximum atomic E-state index is 12.4. The molecular formula is C21H35N3O. The first-order valence-electron chi connectivity index (χ1n) is 9.53. The lowest BCUT2D eigenvalue weighted by Crippen LogP contribution is -2.54. The molecule has 2 unspecified atom stereocenters. The molecule has 2 rings (SSSR count). The van der Waals surface area contributed by atoms with Gasteiger partial charge in [-0.05, 0) is 42.2 Å². The third-order valence-electron chi connectivity index (χ3n) is 5.26. The normalized spacial score (nSPS) is 22.0. The van der Waals surface area contributed by atoms with E-state index in [0.717, 1.165) is 31.5 Å². The van der Waals surface area contributed by atoms with Crippen LogP contribution in [-0.2, 0) is 11.2 Å². The maximum absolute atomic E-state index is 12.4. The molecule has 0 aromatic heterocycles. The van der Waals surface area contributed by atoms with Crippen LogP contribution in [0.25, 0.3) is 0 Å². The maximum Gasteiger partial charge on any atom is 0.234 e. The number of hydrogen-bond acceptors (Lipinski definition) is 3. The van der Waals surface area contributed by atoms with Gasteiger partial charge in [0.05, 0.1) is 12.6 Å². The van der Waals surface area contributed by atoms with Gasteiger partial charge in [-0.1, -0.05) is 52.0 Å². The van der Waals surface area contributed by atoms with E-state index < -0.39 is 0 Å². The minimum atomic E-state index is 0.0284. The smallest absolute Gasteiger partial charge is 0.234 e. The molecule has 140 valence electrons. The summed E-state index contributed by atoms with van der Waals surface area (Å²) in [6.07, 6.45) is 2.04. The minimum absolute atomic E-state index is 0.0284. The fourth-order valence-corrected chi connectivity index (χ4v) is 3.61. The summed E-state index contributed by atoms with van der Waals surface area (Å²) >= 11 is 0. The molecule has 1 aliphatic rings. The number of nitrogens with zero attached hydrogens (tertiary/aromatic N) is 1. The number of amides is 1. The predicted octanol–water partition coefficient (Wildman–Crippen LogP) is 3.12. The van der Waals surface area contributed by atoms with Gasteiger partial charge in [-0.3, -0.25) is 9.69 Å². The van der Waals surface area contributed by atoms with E-state index in [-0.39, 0.29) is 23.4 Å². The van der Waals surface area contributed by atoms with E-state index in [1.54, 1.807) is 0 Å². The van der Waals surface area contributed by atoms with Gasteiger partial charge >= 0.3 is 0 Å². The van der Waals surface area contributed by atoms with Crippen LogP contribution in [0, 0.1) is 11.3 Å². The average Bonchev–Trinajstić information content (AvgIpc) is 2.50. The van der Waals surface area contributed by atoms with Crippen molar-refractivity contribution >= 4 is 5.91 Å². The predicted molar refractivity (Wildman–Crippen MR) is 104 cm³/mol. The molecule has 0 saturated carbocycles. The highest BCUT2D eigenvalue weighted by atomic mass is 16.2. The first-order chi connectivity index (χ1) is 11.7. The highest BCUT2D eigenvalue weighted by molar-refractivity contribution is 5.78. The molecule has 1 aliphatic heterocycles. The fraction of sp³-hybridized carbons (Fsp3) is 0.667. The lowest BCUT2D eigenvalue weighted by Gasteiger charge is -2.42. The van der Waals surface area contributed by atoms with Crippen molar-refractivity contribution in [2.75, 3.05) is 19.6 Å². The molecule has 1 aromatic rings. The zero-order valence-corrected chi connectivity index (χ0v) is 16.5. The van der Waals surface area contributed by atoms with E-state index in [9.17, 15) is 4.79 Å². The van der Waals surface area contributed by atoms with Gasteiger partial charge in [-0.15, -0.1) is 0 Å². The van der Waals surface area contributed by atoms with Crippen LogP contribution >= 0.6 is 0 Å². The van der Waals surface area contributed by atoms with Crippen LogP contribution in [-0.4, -0.2) is 36.5 Å². The molecule has 1 aromatic carbocycles. The van der Waals surface area contributed by atoms with E-state index in [1.165, 1.54) is 5.56 Å². The molecule has 4 heteroatoms. The Morgan fingerprint density at radius 1 is 1.28 bits per heavy atom. The van der Waals surface area contributed by atoms with Crippen LogP contribution in [0.3, 0.4) is 0 Å². The first-order valence-corrected chi connectivity index (χ1v) is 9.53. The molecule has 1 fully saturated rings. The molecule has 2 atom stereocenters. The van der Waals surface area contributed by atoms with Gasteiger partial charge in [-0.2, -0.15) is 0 Å². The van der Waals surface area contributed by atoms with Crippen molar-refractivity contribution in [1.82, 2.24) is 10.2 Å². The van der Waals surface area contributed by atoms with E-state index in [1.807, 2.05) is 6.92 Å². The summed E-state index contributed by atoms with van der Waals surface area (Å²) < 4.78 is 0. The lowest BCUT2D eigenvalue weighted by molar-refractivity contribution is -0.123. The van der Waals surface area contributed by atoms with Crippen molar-refractivity contribution in [2.45, 2.75) is 59.5 Å². The number of likely N-dealkylation sites (tertiary alicyclic amines) is 1. The van der Waals surface area contributed by atoms with Crippen molar-refractivity contribution in [2.24, 2.45) is 17.1 Å². The van der Waals surface area contributed by atoms with Crippen LogP contribution in [0.5, 0.6) is 0 Å². The summed E-state index contributed by atoms with van der Waals surface area (Å²) in [4.78, 5) is 14.6. The molecule has 4 nitrogen and oxygen atoms in total. The Morgan fingerprint density at radius 2 is 1.92 bits per heavy atom. The molecule has 1 heterocycles. The van der Waals surface area contributed by atoms with Gasteiger partial charge in [0.1, 0.15) is 0 Å². The van der Waals surface area contributed by atoms with Crippen LogP contribution in [0.15, 0.2) is 24.3 Å². The Labute approximate surface area is 153 Å². The van der Waals surface area contributed by atoms with E-state index >= 15 is 0 Å². The lowest BCUT2D eigenvalue weighted by atomic mass is 9.80. The van der Waals surface area contributed by atoms with Crippen LogP contribution in [0.1, 0.15) is 58.2 Å². The van der Waals surface area contributed by atoms with Gasteiger partial charge in [0.2, 0.25) is 5.91 Å². The summed E-state index contributed by atoms with van der Waals surface area (Å²) in [5.41, 5.74) is 8.75. The Morgan fingerprint density at radius 3 is 2.48 bits per heavy atom. The van der Waals surface area contributed by atoms with Crippen molar-refractivity contribution < 1.29 is 4.79 Å². The molecule has 1 saturated heterocycles. The van der Waals surface area contributed by atoms with Crippen molar-refractivity contribution in [3.63, 3.8) is 0 Å². The number of nitrogens with one attached hydrogen (secondary N) is 1. The second kappa shape index (κ2) is 8.33. The summed E-state index contributed by atoms with van der Waals surface area (Å²) in [5.74, 6) is 0.745.